The normalized spacial score (nSPS) is 11.1. The molecule has 0 atom stereocenters. The van der Waals surface area contributed by atoms with Crippen LogP contribution in [0, 0.1) is 30.9 Å². The van der Waals surface area contributed by atoms with Gasteiger partial charge < -0.3 is 14.5 Å². The highest BCUT2D eigenvalue weighted by Gasteiger charge is 2.17. The summed E-state index contributed by atoms with van der Waals surface area (Å²) >= 11 is 0. The van der Waals surface area contributed by atoms with Crippen LogP contribution in [0.15, 0.2) is 16.5 Å². The van der Waals surface area contributed by atoms with Gasteiger partial charge in [0, 0.05) is 18.7 Å². The third-order valence-electron chi connectivity index (χ3n) is 3.59. The maximum atomic E-state index is 10.7. The van der Waals surface area contributed by atoms with Crippen molar-refractivity contribution in [3.63, 3.8) is 0 Å². The molecule has 0 radical (unpaired) electrons. The highest BCUT2D eigenvalue weighted by molar-refractivity contribution is 5.21. The molecule has 24 heavy (non-hydrogen) atoms. The second-order valence-electron chi connectivity index (χ2n) is 5.55. The Hall–Kier alpha value is -3.04. The highest BCUT2D eigenvalue weighted by atomic mass is 16.6. The molecular formula is C14H17N7O3. The number of nitro groups is 1. The lowest BCUT2D eigenvalue weighted by Crippen LogP contribution is -2.05. The number of rotatable bonds is 6. The minimum absolute atomic E-state index is 0.197. The zero-order valence-corrected chi connectivity index (χ0v) is 13.6. The summed E-state index contributed by atoms with van der Waals surface area (Å²) in [5, 5.41) is 27.0. The number of aromatic nitrogens is 6. The van der Waals surface area contributed by atoms with E-state index in [4.69, 9.17) is 4.42 Å². The van der Waals surface area contributed by atoms with E-state index < -0.39 is 4.92 Å². The van der Waals surface area contributed by atoms with Crippen molar-refractivity contribution in [1.29, 1.82) is 0 Å². The summed E-state index contributed by atoms with van der Waals surface area (Å²) in [6, 6.07) is 3.41. The number of hydrogen-bond donors (Lipinski definition) is 0. The van der Waals surface area contributed by atoms with Crippen molar-refractivity contribution < 1.29 is 9.34 Å². The molecule has 3 aromatic rings. The monoisotopic (exact) mass is 331 g/mol. The Labute approximate surface area is 137 Å². The SMILES string of the molecule is Cc1cc(C)n(CCc2nnc(Cn3nc([N+](=O)[O-])cc3C)o2)n1. The molecule has 3 rings (SSSR count). The molecule has 0 amide bonds. The van der Waals surface area contributed by atoms with Crippen molar-refractivity contribution >= 4 is 5.82 Å². The van der Waals surface area contributed by atoms with Crippen molar-refractivity contribution in [2.45, 2.75) is 40.3 Å². The van der Waals surface area contributed by atoms with Gasteiger partial charge in [0.15, 0.2) is 0 Å². The molecule has 0 saturated heterocycles. The fraction of sp³-hybridized carbons (Fsp3) is 0.429. The van der Waals surface area contributed by atoms with Crippen molar-refractivity contribution in [1.82, 2.24) is 29.8 Å². The standard InChI is InChI=1S/C14H17N7O3/c1-9-6-10(2)19(17-9)5-4-13-15-16-14(24-13)8-20-11(3)7-12(18-20)21(22)23/h6-7H,4-5,8H2,1-3H3. The molecule has 0 aliphatic heterocycles. The zero-order valence-electron chi connectivity index (χ0n) is 13.6. The van der Waals surface area contributed by atoms with Crippen LogP contribution in [0.5, 0.6) is 0 Å². The van der Waals surface area contributed by atoms with Gasteiger partial charge in [-0.3, -0.25) is 4.68 Å². The van der Waals surface area contributed by atoms with E-state index in [2.05, 4.69) is 20.4 Å². The fourth-order valence-electron chi connectivity index (χ4n) is 2.43. The molecule has 0 aromatic carbocycles. The average molecular weight is 331 g/mol. The Morgan fingerprint density at radius 2 is 1.79 bits per heavy atom. The van der Waals surface area contributed by atoms with E-state index in [1.54, 1.807) is 6.92 Å². The molecule has 0 bridgehead atoms. The van der Waals surface area contributed by atoms with Crippen LogP contribution in [0.4, 0.5) is 5.82 Å². The van der Waals surface area contributed by atoms with Gasteiger partial charge in [-0.2, -0.15) is 9.78 Å². The molecule has 0 aliphatic carbocycles. The van der Waals surface area contributed by atoms with Crippen LogP contribution in [0.1, 0.15) is 28.9 Å². The first-order valence-corrected chi connectivity index (χ1v) is 7.43. The second-order valence-corrected chi connectivity index (χ2v) is 5.55. The second kappa shape index (κ2) is 6.22. The molecule has 0 fully saturated rings. The van der Waals surface area contributed by atoms with Crippen LogP contribution in [-0.4, -0.2) is 34.7 Å². The van der Waals surface area contributed by atoms with E-state index in [0.29, 0.717) is 30.4 Å². The predicted molar refractivity (Wildman–Crippen MR) is 82.4 cm³/mol. The van der Waals surface area contributed by atoms with Crippen molar-refractivity contribution in [3.05, 3.63) is 51.1 Å². The summed E-state index contributed by atoms with van der Waals surface area (Å²) < 4.78 is 8.94. The maximum Gasteiger partial charge on any atom is 0.390 e. The molecule has 0 unspecified atom stereocenters. The molecule has 0 aliphatic rings. The topological polar surface area (TPSA) is 118 Å². The summed E-state index contributed by atoms with van der Waals surface area (Å²) in [6.07, 6.45) is 0.563. The predicted octanol–water partition coefficient (Wildman–Crippen LogP) is 1.59. The van der Waals surface area contributed by atoms with Gasteiger partial charge in [0.2, 0.25) is 11.8 Å². The lowest BCUT2D eigenvalue weighted by molar-refractivity contribution is -0.389. The molecule has 10 nitrogen and oxygen atoms in total. The minimum atomic E-state index is -0.531. The van der Waals surface area contributed by atoms with E-state index >= 15 is 0 Å². The summed E-state index contributed by atoms with van der Waals surface area (Å²) in [5.74, 6) is 0.660. The third-order valence-corrected chi connectivity index (χ3v) is 3.59. The maximum absolute atomic E-state index is 10.7. The molecule has 10 heteroatoms. The number of hydrogen-bond acceptors (Lipinski definition) is 7. The Morgan fingerprint density at radius 1 is 1.08 bits per heavy atom. The minimum Gasteiger partial charge on any atom is -0.423 e. The van der Waals surface area contributed by atoms with Crippen LogP contribution >= 0.6 is 0 Å². The van der Waals surface area contributed by atoms with Gasteiger partial charge in [0.25, 0.3) is 0 Å². The van der Waals surface area contributed by atoms with Crippen molar-refractivity contribution in [2.75, 3.05) is 0 Å². The average Bonchev–Trinajstić information content (AvgIpc) is 3.18. The summed E-state index contributed by atoms with van der Waals surface area (Å²) in [4.78, 5) is 10.2. The molecule has 3 heterocycles. The first-order chi connectivity index (χ1) is 11.4. The molecule has 3 aromatic heterocycles. The molecule has 0 saturated carbocycles. The lowest BCUT2D eigenvalue weighted by atomic mass is 10.4. The molecule has 0 N–H and O–H groups in total. The van der Waals surface area contributed by atoms with Crippen LogP contribution in [0.3, 0.4) is 0 Å². The largest absolute Gasteiger partial charge is 0.423 e. The van der Waals surface area contributed by atoms with Crippen molar-refractivity contribution in [3.8, 4) is 0 Å². The summed E-state index contributed by atoms with van der Waals surface area (Å²) in [7, 11) is 0. The Bertz CT molecular complexity index is 877. The van der Waals surface area contributed by atoms with Crippen LogP contribution in [0.25, 0.3) is 0 Å². The smallest absolute Gasteiger partial charge is 0.390 e. The Kier molecular flexibility index (Phi) is 4.11. The van der Waals surface area contributed by atoms with Crippen LogP contribution < -0.4 is 0 Å². The van der Waals surface area contributed by atoms with Gasteiger partial charge in [0.05, 0.1) is 22.6 Å². The molecular weight excluding hydrogens is 314 g/mol. The van der Waals surface area contributed by atoms with Gasteiger partial charge in [-0.25, -0.2) is 0 Å². The Morgan fingerprint density at radius 3 is 2.42 bits per heavy atom. The lowest BCUT2D eigenvalue weighted by Gasteiger charge is -2.00. The number of aryl methyl sites for hydroxylation is 5. The van der Waals surface area contributed by atoms with Gasteiger partial charge in [-0.1, -0.05) is 0 Å². The van der Waals surface area contributed by atoms with Gasteiger partial charge in [-0.05, 0) is 31.8 Å². The van der Waals surface area contributed by atoms with E-state index in [1.165, 1.54) is 10.7 Å². The molecule has 126 valence electrons. The van der Waals surface area contributed by atoms with Gasteiger partial charge in [-0.15, -0.1) is 10.2 Å². The summed E-state index contributed by atoms with van der Waals surface area (Å²) in [5.41, 5.74) is 2.70. The van der Waals surface area contributed by atoms with Crippen LogP contribution in [0.2, 0.25) is 0 Å². The third kappa shape index (κ3) is 3.31. The van der Waals surface area contributed by atoms with Gasteiger partial charge in [0.1, 0.15) is 6.54 Å². The quantitative estimate of drug-likeness (QED) is 0.497. The molecule has 0 spiro atoms. The van der Waals surface area contributed by atoms with E-state index in [1.807, 2.05) is 24.6 Å². The van der Waals surface area contributed by atoms with E-state index in [0.717, 1.165) is 11.4 Å². The fourth-order valence-corrected chi connectivity index (χ4v) is 2.43. The zero-order chi connectivity index (χ0) is 17.3. The van der Waals surface area contributed by atoms with Crippen molar-refractivity contribution in [2.24, 2.45) is 0 Å². The van der Waals surface area contributed by atoms with E-state index in [-0.39, 0.29) is 12.4 Å². The Balaban J connectivity index is 1.65. The van der Waals surface area contributed by atoms with E-state index in [9.17, 15) is 10.1 Å². The summed E-state index contributed by atoms with van der Waals surface area (Å²) in [6.45, 7) is 6.52. The highest BCUT2D eigenvalue weighted by Crippen LogP contribution is 2.13. The van der Waals surface area contributed by atoms with Crippen LogP contribution in [-0.2, 0) is 19.5 Å². The van der Waals surface area contributed by atoms with Gasteiger partial charge >= 0.3 is 5.82 Å². The number of nitrogens with zero attached hydrogens (tertiary/aromatic N) is 7. The first-order valence-electron chi connectivity index (χ1n) is 7.43. The first kappa shape index (κ1) is 15.8.